The molecule has 0 saturated carbocycles. The van der Waals surface area contributed by atoms with Crippen molar-refractivity contribution < 1.29 is 27.2 Å². The van der Waals surface area contributed by atoms with Crippen LogP contribution in [0.4, 0.5) is 10.5 Å². The van der Waals surface area contributed by atoms with Crippen molar-refractivity contribution in [3.8, 4) is 0 Å². The van der Waals surface area contributed by atoms with Gasteiger partial charge in [-0.05, 0) is 29.7 Å². The molecule has 0 spiro atoms. The third-order valence-electron chi connectivity index (χ3n) is 4.80. The molecule has 7 nitrogen and oxygen atoms in total. The molecule has 0 fully saturated rings. The van der Waals surface area contributed by atoms with Gasteiger partial charge in [0.25, 0.3) is 10.1 Å². The Kier molecular flexibility index (Phi) is 6.36. The van der Waals surface area contributed by atoms with Crippen LogP contribution < -0.4 is 5.32 Å². The first-order valence-corrected chi connectivity index (χ1v) is 10.6. The Balaban J connectivity index is 1.92. The Bertz CT molecular complexity index is 1020. The van der Waals surface area contributed by atoms with E-state index in [-0.39, 0.29) is 29.2 Å². The van der Waals surface area contributed by atoms with Crippen molar-refractivity contribution in [1.82, 2.24) is 0 Å². The molecule has 1 aliphatic rings. The highest BCUT2D eigenvalue weighted by Gasteiger charge is 2.29. The van der Waals surface area contributed by atoms with E-state index in [0.717, 1.165) is 11.1 Å². The molecule has 0 unspecified atom stereocenters. The van der Waals surface area contributed by atoms with Gasteiger partial charge in [0, 0.05) is 5.92 Å². The molecule has 154 valence electrons. The minimum absolute atomic E-state index is 0.00182. The van der Waals surface area contributed by atoms with Crippen LogP contribution >= 0.6 is 0 Å². The SMILES string of the molecule is Cc1ccc(S(=O)(=O)O)c(NC(=O)OCc2ccccc2)c1[C@@H](C)[C@@H]1C=CCO1. The molecule has 0 aliphatic carbocycles. The number of benzene rings is 2. The zero-order valence-corrected chi connectivity index (χ0v) is 17.0. The van der Waals surface area contributed by atoms with Crippen molar-refractivity contribution in [1.29, 1.82) is 0 Å². The van der Waals surface area contributed by atoms with Crippen LogP contribution in [-0.4, -0.2) is 31.8 Å². The molecule has 1 amide bonds. The van der Waals surface area contributed by atoms with Crippen molar-refractivity contribution in [2.75, 3.05) is 11.9 Å². The summed E-state index contributed by atoms with van der Waals surface area (Å²) in [4.78, 5) is 12.0. The van der Waals surface area contributed by atoms with Gasteiger partial charge < -0.3 is 9.47 Å². The van der Waals surface area contributed by atoms with Crippen LogP contribution in [0.1, 0.15) is 29.5 Å². The Morgan fingerprint density at radius 2 is 2.00 bits per heavy atom. The number of aryl methyl sites for hydroxylation is 1. The Hall–Kier alpha value is -2.68. The molecule has 1 aliphatic heterocycles. The topological polar surface area (TPSA) is 102 Å². The van der Waals surface area contributed by atoms with E-state index in [0.29, 0.717) is 12.2 Å². The molecule has 2 atom stereocenters. The smallest absolute Gasteiger partial charge is 0.412 e. The largest absolute Gasteiger partial charge is 0.444 e. The molecule has 3 rings (SSSR count). The quantitative estimate of drug-likeness (QED) is 0.543. The van der Waals surface area contributed by atoms with Crippen molar-refractivity contribution in [3.63, 3.8) is 0 Å². The van der Waals surface area contributed by atoms with Gasteiger partial charge in [0.1, 0.15) is 11.5 Å². The van der Waals surface area contributed by atoms with Gasteiger partial charge >= 0.3 is 6.09 Å². The molecule has 2 N–H and O–H groups in total. The summed E-state index contributed by atoms with van der Waals surface area (Å²) in [7, 11) is -4.57. The van der Waals surface area contributed by atoms with E-state index >= 15 is 0 Å². The predicted octanol–water partition coefficient (Wildman–Crippen LogP) is 4.05. The summed E-state index contributed by atoms with van der Waals surface area (Å²) in [5.74, 6) is -0.264. The van der Waals surface area contributed by atoms with Crippen LogP contribution in [0.3, 0.4) is 0 Å². The Morgan fingerprint density at radius 1 is 1.28 bits per heavy atom. The van der Waals surface area contributed by atoms with Gasteiger partial charge in [-0.25, -0.2) is 4.79 Å². The van der Waals surface area contributed by atoms with E-state index in [1.54, 1.807) is 25.1 Å². The standard InChI is InChI=1S/C21H23NO6S/c1-14-10-11-18(29(24,25)26)20(19(14)15(2)17-9-6-12-27-17)22-21(23)28-13-16-7-4-3-5-8-16/h3-11,15,17H,12-13H2,1-2H3,(H,22,23)(H,24,25,26)/t15-,17-/m0/s1. The lowest BCUT2D eigenvalue weighted by Gasteiger charge is -2.24. The average molecular weight is 417 g/mol. The maximum atomic E-state index is 12.4. The van der Waals surface area contributed by atoms with Crippen LogP contribution in [0, 0.1) is 6.92 Å². The minimum Gasteiger partial charge on any atom is -0.444 e. The van der Waals surface area contributed by atoms with Crippen LogP contribution in [-0.2, 0) is 26.2 Å². The summed E-state index contributed by atoms with van der Waals surface area (Å²) in [5, 5.41) is 2.52. The second-order valence-electron chi connectivity index (χ2n) is 6.85. The number of hydrogen-bond donors (Lipinski definition) is 2. The highest BCUT2D eigenvalue weighted by atomic mass is 32.2. The number of rotatable bonds is 6. The van der Waals surface area contributed by atoms with Crippen LogP contribution in [0.5, 0.6) is 0 Å². The molecule has 2 aromatic carbocycles. The summed E-state index contributed by atoms with van der Waals surface area (Å²) >= 11 is 0. The number of anilines is 1. The second kappa shape index (κ2) is 8.77. The Labute approximate surface area is 170 Å². The molecular formula is C21H23NO6S. The first-order chi connectivity index (χ1) is 13.8. The lowest BCUT2D eigenvalue weighted by atomic mass is 9.90. The molecular weight excluding hydrogens is 394 g/mol. The molecule has 0 radical (unpaired) electrons. The fourth-order valence-corrected chi connectivity index (χ4v) is 4.04. The van der Waals surface area contributed by atoms with Gasteiger partial charge in [-0.1, -0.05) is 55.5 Å². The highest BCUT2D eigenvalue weighted by molar-refractivity contribution is 7.86. The van der Waals surface area contributed by atoms with E-state index in [9.17, 15) is 17.8 Å². The number of hydrogen-bond acceptors (Lipinski definition) is 5. The zero-order valence-electron chi connectivity index (χ0n) is 16.2. The molecule has 0 aromatic heterocycles. The van der Waals surface area contributed by atoms with Crippen molar-refractivity contribution in [2.45, 2.75) is 37.4 Å². The molecule has 29 heavy (non-hydrogen) atoms. The number of amides is 1. The Morgan fingerprint density at radius 3 is 2.62 bits per heavy atom. The van der Waals surface area contributed by atoms with Gasteiger partial charge in [-0.2, -0.15) is 8.42 Å². The first-order valence-electron chi connectivity index (χ1n) is 9.14. The normalized spacial score (nSPS) is 17.1. The first kappa shape index (κ1) is 21.0. The number of carbonyl (C=O) groups excluding carboxylic acids is 1. The van der Waals surface area contributed by atoms with Gasteiger partial charge in [-0.3, -0.25) is 9.87 Å². The van der Waals surface area contributed by atoms with Gasteiger partial charge in [-0.15, -0.1) is 0 Å². The maximum absolute atomic E-state index is 12.4. The zero-order chi connectivity index (χ0) is 21.0. The lowest BCUT2D eigenvalue weighted by molar-refractivity contribution is 0.110. The van der Waals surface area contributed by atoms with E-state index in [1.807, 2.05) is 37.3 Å². The summed E-state index contributed by atoms with van der Waals surface area (Å²) in [5.41, 5.74) is 2.11. The summed E-state index contributed by atoms with van der Waals surface area (Å²) < 4.78 is 44.4. The van der Waals surface area contributed by atoms with Crippen LogP contribution in [0.15, 0.2) is 59.5 Å². The van der Waals surface area contributed by atoms with Gasteiger partial charge in [0.15, 0.2) is 0 Å². The van der Waals surface area contributed by atoms with Gasteiger partial charge in [0.2, 0.25) is 0 Å². The van der Waals surface area contributed by atoms with Crippen molar-refractivity contribution >= 4 is 21.9 Å². The van der Waals surface area contributed by atoms with Crippen LogP contribution in [0.2, 0.25) is 0 Å². The molecule has 8 heteroatoms. The third kappa shape index (κ3) is 5.03. The minimum atomic E-state index is -4.57. The third-order valence-corrected chi connectivity index (χ3v) is 5.70. The predicted molar refractivity (Wildman–Crippen MR) is 109 cm³/mol. The summed E-state index contributed by atoms with van der Waals surface area (Å²) in [6.45, 7) is 4.17. The van der Waals surface area contributed by atoms with Crippen LogP contribution in [0.25, 0.3) is 0 Å². The summed E-state index contributed by atoms with van der Waals surface area (Å²) in [6, 6.07) is 12.0. The molecule has 0 bridgehead atoms. The fourth-order valence-electron chi connectivity index (χ4n) is 3.38. The molecule has 2 aromatic rings. The van der Waals surface area contributed by atoms with Gasteiger partial charge in [0.05, 0.1) is 18.4 Å². The number of carbonyl (C=O) groups is 1. The highest BCUT2D eigenvalue weighted by Crippen LogP contribution is 2.37. The molecule has 1 heterocycles. The second-order valence-corrected chi connectivity index (χ2v) is 8.24. The number of nitrogens with one attached hydrogen (secondary N) is 1. The number of ether oxygens (including phenoxy) is 2. The monoisotopic (exact) mass is 417 g/mol. The summed E-state index contributed by atoms with van der Waals surface area (Å²) in [6.07, 6.45) is 2.68. The van der Waals surface area contributed by atoms with E-state index < -0.39 is 16.2 Å². The fraction of sp³-hybridized carbons (Fsp3) is 0.286. The average Bonchev–Trinajstić information content (AvgIpc) is 3.21. The maximum Gasteiger partial charge on any atom is 0.412 e. The lowest BCUT2D eigenvalue weighted by Crippen LogP contribution is -2.22. The molecule has 0 saturated heterocycles. The van der Waals surface area contributed by atoms with E-state index in [4.69, 9.17) is 9.47 Å². The van der Waals surface area contributed by atoms with Crippen molar-refractivity contribution in [2.24, 2.45) is 0 Å². The van der Waals surface area contributed by atoms with E-state index in [1.165, 1.54) is 6.07 Å². The van der Waals surface area contributed by atoms with E-state index in [2.05, 4.69) is 5.32 Å². The van der Waals surface area contributed by atoms with Crippen molar-refractivity contribution in [3.05, 3.63) is 71.3 Å².